The Bertz CT molecular complexity index is 1380. The predicted molar refractivity (Wildman–Crippen MR) is 156 cm³/mol. The van der Waals surface area contributed by atoms with Crippen molar-refractivity contribution in [2.24, 2.45) is 0 Å². The number of hydrazine groups is 1. The van der Waals surface area contributed by atoms with Crippen LogP contribution in [0.1, 0.15) is 17.5 Å². The molecular formula is C30H35N5O4S. The summed E-state index contributed by atoms with van der Waals surface area (Å²) in [6.45, 7) is 0.977. The summed E-state index contributed by atoms with van der Waals surface area (Å²) in [6.07, 6.45) is 1.91. The smallest absolute Gasteiger partial charge is 0.334 e. The third-order valence-corrected chi connectivity index (χ3v) is 8.23. The number of urea groups is 1. The van der Waals surface area contributed by atoms with E-state index >= 15 is 0 Å². The van der Waals surface area contributed by atoms with Gasteiger partial charge in [0.25, 0.3) is 0 Å². The number of ether oxygens (including phenoxy) is 1. The van der Waals surface area contributed by atoms with Crippen molar-refractivity contribution in [2.45, 2.75) is 31.7 Å². The van der Waals surface area contributed by atoms with Gasteiger partial charge in [-0.1, -0.05) is 54.6 Å². The number of hydrogen-bond acceptors (Lipinski definition) is 6. The van der Waals surface area contributed by atoms with Gasteiger partial charge in [0.15, 0.2) is 0 Å². The van der Waals surface area contributed by atoms with E-state index in [1.807, 2.05) is 59.7 Å². The molecule has 1 N–H and O–H groups in total. The van der Waals surface area contributed by atoms with Crippen LogP contribution in [0, 0.1) is 0 Å². The Morgan fingerprint density at radius 1 is 1.05 bits per heavy atom. The maximum Gasteiger partial charge on any atom is 0.334 e. The summed E-state index contributed by atoms with van der Waals surface area (Å²) >= 11 is 1.64. The number of rotatable bonds is 8. The molecule has 0 radical (unpaired) electrons. The number of likely N-dealkylation sites (N-methyl/N-ethyl adjacent to an activating group) is 1. The van der Waals surface area contributed by atoms with Gasteiger partial charge in [0.2, 0.25) is 11.8 Å². The van der Waals surface area contributed by atoms with Crippen LogP contribution in [0.5, 0.6) is 5.75 Å². The topological polar surface area (TPSA) is 85.4 Å². The molecule has 2 aliphatic rings. The lowest BCUT2D eigenvalue weighted by Crippen LogP contribution is -2.75. The summed E-state index contributed by atoms with van der Waals surface area (Å²) in [5, 5.41) is 8.45. The van der Waals surface area contributed by atoms with Crippen molar-refractivity contribution in [1.29, 1.82) is 0 Å². The fourth-order valence-corrected chi connectivity index (χ4v) is 6.05. The molecule has 0 aliphatic carbocycles. The molecule has 2 heterocycles. The van der Waals surface area contributed by atoms with Gasteiger partial charge in [-0.25, -0.2) is 14.8 Å². The molecule has 5 rings (SSSR count). The van der Waals surface area contributed by atoms with Gasteiger partial charge in [-0.2, -0.15) is 11.8 Å². The molecule has 2 saturated heterocycles. The van der Waals surface area contributed by atoms with Crippen molar-refractivity contribution < 1.29 is 19.1 Å². The van der Waals surface area contributed by atoms with Crippen molar-refractivity contribution in [1.82, 2.24) is 25.1 Å². The molecule has 0 spiro atoms. The lowest BCUT2D eigenvalue weighted by atomic mass is 10.0. The van der Waals surface area contributed by atoms with Crippen LogP contribution < -0.4 is 10.1 Å². The van der Waals surface area contributed by atoms with E-state index in [9.17, 15) is 14.4 Å². The molecule has 0 saturated carbocycles. The maximum absolute atomic E-state index is 13.9. The summed E-state index contributed by atoms with van der Waals surface area (Å²) < 4.78 is 5.22. The number of hydrogen-bond donors (Lipinski definition) is 1. The first-order valence-corrected chi connectivity index (χ1v) is 14.8. The summed E-state index contributed by atoms with van der Waals surface area (Å²) in [6, 6.07) is 20.8. The van der Waals surface area contributed by atoms with Gasteiger partial charge >= 0.3 is 6.03 Å². The van der Waals surface area contributed by atoms with Crippen LogP contribution in [0.3, 0.4) is 0 Å². The van der Waals surface area contributed by atoms with Crippen LogP contribution in [0.15, 0.2) is 66.7 Å². The van der Waals surface area contributed by atoms with Gasteiger partial charge in [0, 0.05) is 20.1 Å². The van der Waals surface area contributed by atoms with E-state index < -0.39 is 12.2 Å². The summed E-state index contributed by atoms with van der Waals surface area (Å²) in [5.41, 5.74) is 1.96. The van der Waals surface area contributed by atoms with Crippen LogP contribution in [-0.2, 0) is 22.7 Å². The number of amides is 4. The van der Waals surface area contributed by atoms with E-state index in [1.54, 1.807) is 40.8 Å². The molecule has 10 heteroatoms. The number of methoxy groups -OCH3 is 1. The maximum atomic E-state index is 13.9. The fourth-order valence-electron chi connectivity index (χ4n) is 5.59. The van der Waals surface area contributed by atoms with Crippen molar-refractivity contribution in [3.8, 4) is 5.75 Å². The SMILES string of the molecule is COc1ccc(CNC(=O)N2[C@H]3CN(Cc4cccc5ccccc45)C(=O)[C@H](CCSC)N3C(=O)CN2C)cc1. The lowest BCUT2D eigenvalue weighted by Gasteiger charge is -2.54. The molecule has 3 aromatic rings. The highest BCUT2D eigenvalue weighted by atomic mass is 32.2. The van der Waals surface area contributed by atoms with E-state index in [2.05, 4.69) is 23.5 Å². The second-order valence-corrected chi connectivity index (χ2v) is 11.1. The number of nitrogens with one attached hydrogen (secondary N) is 1. The quantitative estimate of drug-likeness (QED) is 0.453. The normalized spacial score (nSPS) is 19.6. The molecule has 2 fully saturated rings. The summed E-state index contributed by atoms with van der Waals surface area (Å²) in [7, 11) is 3.35. The van der Waals surface area contributed by atoms with Gasteiger partial charge in [-0.3, -0.25) is 9.59 Å². The van der Waals surface area contributed by atoms with Crippen LogP contribution in [-0.4, -0.2) is 89.1 Å². The predicted octanol–water partition coefficient (Wildman–Crippen LogP) is 3.54. The van der Waals surface area contributed by atoms with E-state index in [1.165, 1.54) is 0 Å². The van der Waals surface area contributed by atoms with Gasteiger partial charge in [0.05, 0.1) is 20.2 Å². The molecular weight excluding hydrogens is 526 g/mol. The second-order valence-electron chi connectivity index (χ2n) is 10.1. The number of benzene rings is 3. The highest BCUT2D eigenvalue weighted by Crippen LogP contribution is 2.30. The van der Waals surface area contributed by atoms with Crippen molar-refractivity contribution in [2.75, 3.05) is 39.3 Å². The third kappa shape index (κ3) is 5.59. The molecule has 210 valence electrons. The zero-order chi connectivity index (χ0) is 28.2. The Morgan fingerprint density at radius 2 is 1.80 bits per heavy atom. The van der Waals surface area contributed by atoms with Crippen molar-refractivity contribution in [3.63, 3.8) is 0 Å². The first-order chi connectivity index (χ1) is 19.4. The van der Waals surface area contributed by atoms with Gasteiger partial charge < -0.3 is 19.9 Å². The zero-order valence-corrected chi connectivity index (χ0v) is 23.9. The Hall–Kier alpha value is -3.76. The number of carbonyl (C=O) groups excluding carboxylic acids is 3. The Kier molecular flexibility index (Phi) is 8.46. The Balaban J connectivity index is 1.42. The second kappa shape index (κ2) is 12.2. The number of piperazine rings is 1. The Morgan fingerprint density at radius 3 is 2.55 bits per heavy atom. The number of thioether (sulfide) groups is 1. The van der Waals surface area contributed by atoms with E-state index in [-0.39, 0.29) is 30.9 Å². The van der Waals surface area contributed by atoms with Crippen molar-refractivity contribution >= 4 is 40.4 Å². The molecule has 9 nitrogen and oxygen atoms in total. The van der Waals surface area contributed by atoms with Crippen LogP contribution in [0.2, 0.25) is 0 Å². The minimum absolute atomic E-state index is 0.0266. The lowest BCUT2D eigenvalue weighted by molar-refractivity contribution is -0.187. The van der Waals surface area contributed by atoms with Crippen molar-refractivity contribution in [3.05, 3.63) is 77.9 Å². The first kappa shape index (κ1) is 27.8. The number of nitrogens with zero attached hydrogens (tertiary/aromatic N) is 4. The molecule has 0 bridgehead atoms. The molecule has 2 atom stereocenters. The molecule has 40 heavy (non-hydrogen) atoms. The average molecular weight is 562 g/mol. The number of fused-ring (bicyclic) bond motifs is 2. The van der Waals surface area contributed by atoms with Crippen LogP contribution in [0.4, 0.5) is 4.79 Å². The average Bonchev–Trinajstić information content (AvgIpc) is 2.96. The fraction of sp³-hybridized carbons (Fsp3) is 0.367. The first-order valence-electron chi connectivity index (χ1n) is 13.4. The summed E-state index contributed by atoms with van der Waals surface area (Å²) in [5.74, 6) is 1.26. The van der Waals surface area contributed by atoms with Gasteiger partial charge in [-0.05, 0) is 52.5 Å². The highest BCUT2D eigenvalue weighted by molar-refractivity contribution is 7.98. The van der Waals surface area contributed by atoms with Gasteiger partial charge in [0.1, 0.15) is 18.0 Å². The van der Waals surface area contributed by atoms with Crippen LogP contribution >= 0.6 is 11.8 Å². The minimum atomic E-state index is -0.626. The third-order valence-electron chi connectivity index (χ3n) is 7.59. The largest absolute Gasteiger partial charge is 0.497 e. The van der Waals surface area contributed by atoms with Crippen LogP contribution in [0.25, 0.3) is 10.8 Å². The molecule has 3 aromatic carbocycles. The van der Waals surface area contributed by atoms with E-state index in [0.717, 1.165) is 33.4 Å². The standard InChI is InChI=1S/C30H35N5O4S/c1-32-20-28(36)34-26(15-16-40-3)29(37)33(18-23-9-6-8-22-7-4-5-10-25(22)23)19-27(34)35(32)30(38)31-17-21-11-13-24(39-2)14-12-21/h4-14,26-27H,15-20H2,1-3H3,(H,31,38)/t26-,27-/m0/s1. The minimum Gasteiger partial charge on any atom is -0.497 e. The van der Waals surface area contributed by atoms with E-state index in [4.69, 9.17) is 4.74 Å². The monoisotopic (exact) mass is 561 g/mol. The number of carbonyl (C=O) groups is 3. The molecule has 0 aromatic heterocycles. The summed E-state index contributed by atoms with van der Waals surface area (Å²) in [4.78, 5) is 44.3. The highest BCUT2D eigenvalue weighted by Gasteiger charge is 2.50. The Labute approximate surface area is 239 Å². The van der Waals surface area contributed by atoms with Gasteiger partial charge in [-0.15, -0.1) is 0 Å². The zero-order valence-electron chi connectivity index (χ0n) is 23.1. The molecule has 0 unspecified atom stereocenters. The molecule has 4 amide bonds. The molecule has 2 aliphatic heterocycles. The van der Waals surface area contributed by atoms with E-state index in [0.29, 0.717) is 19.5 Å².